The van der Waals surface area contributed by atoms with Crippen LogP contribution in [0.4, 0.5) is 0 Å². The van der Waals surface area contributed by atoms with E-state index < -0.39 is 5.97 Å². The van der Waals surface area contributed by atoms with Gasteiger partial charge in [-0.25, -0.2) is 0 Å². The highest BCUT2D eigenvalue weighted by Crippen LogP contribution is 2.15. The molecule has 0 aromatic heterocycles. The molecule has 0 spiro atoms. The first-order valence-corrected chi connectivity index (χ1v) is 9.92. The first-order valence-electron chi connectivity index (χ1n) is 9.92. The predicted molar refractivity (Wildman–Crippen MR) is 109 cm³/mol. The second-order valence-corrected chi connectivity index (χ2v) is 6.79. The Bertz CT molecular complexity index is 658. The Morgan fingerprint density at radius 3 is 2.44 bits per heavy atom. The Labute approximate surface area is 162 Å². The number of carbonyl (C=O) groups is 1. The van der Waals surface area contributed by atoms with Crippen molar-refractivity contribution < 1.29 is 14.6 Å². The fourth-order valence-electron chi connectivity index (χ4n) is 2.97. The zero-order valence-corrected chi connectivity index (χ0v) is 16.0. The van der Waals surface area contributed by atoms with Gasteiger partial charge in [-0.1, -0.05) is 42.5 Å². The van der Waals surface area contributed by atoms with Crippen molar-refractivity contribution in [3.05, 3.63) is 65.7 Å². The maximum atomic E-state index is 10.4. The highest BCUT2D eigenvalue weighted by Gasteiger charge is 2.00. The first-order chi connectivity index (χ1) is 13.2. The summed E-state index contributed by atoms with van der Waals surface area (Å²) in [4.78, 5) is 10.4. The van der Waals surface area contributed by atoms with E-state index in [-0.39, 0.29) is 6.42 Å². The van der Waals surface area contributed by atoms with E-state index in [1.54, 1.807) is 0 Å². The van der Waals surface area contributed by atoms with Gasteiger partial charge in [-0.3, -0.25) is 4.79 Å². The second kappa shape index (κ2) is 12.9. The summed E-state index contributed by atoms with van der Waals surface area (Å²) in [5, 5.41) is 11.8. The van der Waals surface area contributed by atoms with Gasteiger partial charge in [0.15, 0.2) is 0 Å². The van der Waals surface area contributed by atoms with Crippen molar-refractivity contribution in [3.63, 3.8) is 0 Å². The topological polar surface area (TPSA) is 58.6 Å². The van der Waals surface area contributed by atoms with E-state index in [4.69, 9.17) is 9.84 Å². The molecule has 2 aromatic rings. The number of carboxylic acid groups (broad SMARTS) is 1. The lowest BCUT2D eigenvalue weighted by Gasteiger charge is -2.09. The summed E-state index contributed by atoms with van der Waals surface area (Å²) in [7, 11) is 0. The van der Waals surface area contributed by atoms with Gasteiger partial charge in [0.05, 0.1) is 13.0 Å². The quantitative estimate of drug-likeness (QED) is 0.482. The second-order valence-electron chi connectivity index (χ2n) is 6.79. The molecule has 146 valence electrons. The van der Waals surface area contributed by atoms with Gasteiger partial charge in [0.25, 0.3) is 0 Å². The van der Waals surface area contributed by atoms with Crippen LogP contribution < -0.4 is 10.1 Å². The number of hydrogen-bond acceptors (Lipinski definition) is 3. The first kappa shape index (κ1) is 21.0. The summed E-state index contributed by atoms with van der Waals surface area (Å²) >= 11 is 0. The molecule has 4 nitrogen and oxygen atoms in total. The number of nitrogens with one attached hydrogen (secondary N) is 1. The van der Waals surface area contributed by atoms with E-state index in [1.165, 1.54) is 24.0 Å². The van der Waals surface area contributed by atoms with Gasteiger partial charge >= 0.3 is 5.97 Å². The van der Waals surface area contributed by atoms with Crippen LogP contribution >= 0.6 is 0 Å². The predicted octanol–water partition coefficient (Wildman–Crippen LogP) is 4.48. The molecular formula is C23H31NO3. The van der Waals surface area contributed by atoms with E-state index in [0.29, 0.717) is 6.54 Å². The standard InChI is InChI=1S/C23H31NO3/c25-23(26)15-17-24-16-8-13-21-12-7-14-22(19-21)27-18-6-2-5-11-20-9-3-1-4-10-20/h1,3-4,7,9-10,12,14,19,24H,2,5-6,8,11,13,15-18H2,(H,25,26). The van der Waals surface area contributed by atoms with E-state index >= 15 is 0 Å². The lowest BCUT2D eigenvalue weighted by Crippen LogP contribution is -2.19. The SMILES string of the molecule is O=C(O)CCNCCCc1cccc(OCCCCCc2ccccc2)c1. The molecule has 0 saturated carbocycles. The van der Waals surface area contributed by atoms with Crippen LogP contribution in [0.2, 0.25) is 0 Å². The Morgan fingerprint density at radius 2 is 1.63 bits per heavy atom. The minimum atomic E-state index is -0.757. The molecule has 0 aliphatic carbocycles. The van der Waals surface area contributed by atoms with Crippen molar-refractivity contribution in [2.45, 2.75) is 44.9 Å². The van der Waals surface area contributed by atoms with Crippen LogP contribution in [-0.4, -0.2) is 30.8 Å². The van der Waals surface area contributed by atoms with Crippen LogP contribution in [-0.2, 0) is 17.6 Å². The number of carboxylic acids is 1. The van der Waals surface area contributed by atoms with Crippen molar-refractivity contribution in [1.29, 1.82) is 0 Å². The monoisotopic (exact) mass is 369 g/mol. The molecule has 4 heteroatoms. The summed E-state index contributed by atoms with van der Waals surface area (Å²) in [6.07, 6.45) is 6.71. The maximum absolute atomic E-state index is 10.4. The molecule has 0 aliphatic rings. The lowest BCUT2D eigenvalue weighted by molar-refractivity contribution is -0.136. The Morgan fingerprint density at radius 1 is 0.852 bits per heavy atom. The van der Waals surface area contributed by atoms with Gasteiger partial charge < -0.3 is 15.2 Å². The van der Waals surface area contributed by atoms with Gasteiger partial charge in [-0.15, -0.1) is 0 Å². The average Bonchev–Trinajstić information content (AvgIpc) is 2.68. The summed E-state index contributed by atoms with van der Waals surface area (Å²) in [6, 6.07) is 18.9. The van der Waals surface area contributed by atoms with Crippen molar-refractivity contribution in [2.75, 3.05) is 19.7 Å². The summed E-state index contributed by atoms with van der Waals surface area (Å²) in [5.74, 6) is 0.182. The lowest BCUT2D eigenvalue weighted by atomic mass is 10.1. The number of hydrogen-bond donors (Lipinski definition) is 2. The molecule has 0 heterocycles. The molecule has 2 aromatic carbocycles. The minimum absolute atomic E-state index is 0.175. The van der Waals surface area contributed by atoms with Crippen LogP contribution in [0, 0.1) is 0 Å². The Hall–Kier alpha value is -2.33. The van der Waals surface area contributed by atoms with E-state index in [9.17, 15) is 4.79 Å². The molecule has 2 N–H and O–H groups in total. The molecule has 0 fully saturated rings. The summed E-state index contributed by atoms with van der Waals surface area (Å²) in [5.41, 5.74) is 2.67. The zero-order valence-electron chi connectivity index (χ0n) is 16.0. The van der Waals surface area contributed by atoms with E-state index in [0.717, 1.165) is 44.6 Å². The molecule has 0 bridgehead atoms. The van der Waals surface area contributed by atoms with Gasteiger partial charge in [0, 0.05) is 6.54 Å². The highest BCUT2D eigenvalue weighted by molar-refractivity contribution is 5.66. The van der Waals surface area contributed by atoms with Crippen molar-refractivity contribution in [1.82, 2.24) is 5.32 Å². The van der Waals surface area contributed by atoms with Crippen molar-refractivity contribution >= 4 is 5.97 Å². The third-order valence-corrected chi connectivity index (χ3v) is 4.45. The number of aryl methyl sites for hydroxylation is 2. The third kappa shape index (κ3) is 9.80. The molecule has 2 rings (SSSR count). The van der Waals surface area contributed by atoms with Gasteiger partial charge in [-0.05, 0) is 68.3 Å². The molecule has 0 aliphatic heterocycles. The van der Waals surface area contributed by atoms with Crippen molar-refractivity contribution in [2.24, 2.45) is 0 Å². The zero-order chi connectivity index (χ0) is 19.2. The normalized spacial score (nSPS) is 10.7. The number of aliphatic carboxylic acids is 1. The Balaban J connectivity index is 1.55. The minimum Gasteiger partial charge on any atom is -0.494 e. The van der Waals surface area contributed by atoms with Crippen LogP contribution in [0.25, 0.3) is 0 Å². The molecule has 0 unspecified atom stereocenters. The number of unbranched alkanes of at least 4 members (excludes halogenated alkanes) is 2. The van der Waals surface area contributed by atoms with Gasteiger partial charge in [0.2, 0.25) is 0 Å². The third-order valence-electron chi connectivity index (χ3n) is 4.45. The number of ether oxygens (including phenoxy) is 1. The highest BCUT2D eigenvalue weighted by atomic mass is 16.5. The largest absolute Gasteiger partial charge is 0.494 e. The Kier molecular flexibility index (Phi) is 10.0. The van der Waals surface area contributed by atoms with Crippen LogP contribution in [0.1, 0.15) is 43.2 Å². The fourth-order valence-corrected chi connectivity index (χ4v) is 2.97. The number of rotatable bonds is 14. The summed E-state index contributed by atoms with van der Waals surface area (Å²) < 4.78 is 5.89. The molecule has 0 atom stereocenters. The fraction of sp³-hybridized carbons (Fsp3) is 0.435. The van der Waals surface area contributed by atoms with Crippen molar-refractivity contribution in [3.8, 4) is 5.75 Å². The van der Waals surface area contributed by atoms with E-state index in [1.807, 2.05) is 12.1 Å². The van der Waals surface area contributed by atoms with Gasteiger partial charge in [0.1, 0.15) is 5.75 Å². The molecule has 27 heavy (non-hydrogen) atoms. The average molecular weight is 370 g/mol. The van der Waals surface area contributed by atoms with E-state index in [2.05, 4.69) is 47.8 Å². The van der Waals surface area contributed by atoms with Gasteiger partial charge in [-0.2, -0.15) is 0 Å². The molecule has 0 amide bonds. The molecule has 0 radical (unpaired) electrons. The van der Waals surface area contributed by atoms with Crippen LogP contribution in [0.15, 0.2) is 54.6 Å². The number of benzene rings is 2. The smallest absolute Gasteiger partial charge is 0.304 e. The molecular weight excluding hydrogens is 338 g/mol. The van der Waals surface area contributed by atoms with Crippen LogP contribution in [0.5, 0.6) is 5.75 Å². The molecule has 0 saturated heterocycles. The summed E-state index contributed by atoms with van der Waals surface area (Å²) in [6.45, 7) is 2.12. The van der Waals surface area contributed by atoms with Crippen LogP contribution in [0.3, 0.4) is 0 Å². The maximum Gasteiger partial charge on any atom is 0.304 e.